The Morgan fingerprint density at radius 3 is 2.59 bits per heavy atom. The highest BCUT2D eigenvalue weighted by molar-refractivity contribution is 9.10. The van der Waals surface area contributed by atoms with Crippen LogP contribution < -0.4 is 5.73 Å². The highest BCUT2D eigenvalue weighted by Crippen LogP contribution is 2.28. The molecule has 194 valence electrons. The lowest BCUT2D eigenvalue weighted by molar-refractivity contribution is 0.0299. The van der Waals surface area contributed by atoms with Crippen molar-refractivity contribution in [2.45, 2.75) is 18.8 Å². The second kappa shape index (κ2) is 11.8. The van der Waals surface area contributed by atoms with Gasteiger partial charge in [-0.05, 0) is 42.3 Å². The van der Waals surface area contributed by atoms with Gasteiger partial charge in [0.15, 0.2) is 5.78 Å². The van der Waals surface area contributed by atoms with Gasteiger partial charge >= 0.3 is 0 Å². The van der Waals surface area contributed by atoms with E-state index in [2.05, 4.69) is 25.9 Å². The third kappa shape index (κ3) is 6.35. The van der Waals surface area contributed by atoms with Crippen LogP contribution in [0.25, 0.3) is 11.3 Å². The minimum atomic E-state index is -0.775. The molecule has 1 saturated heterocycles. The molecule has 0 saturated carbocycles. The van der Waals surface area contributed by atoms with Gasteiger partial charge in [0, 0.05) is 42.1 Å². The molecule has 1 fully saturated rings. The summed E-state index contributed by atoms with van der Waals surface area (Å²) in [5, 5.41) is 9.75. The van der Waals surface area contributed by atoms with E-state index in [1.54, 1.807) is 11.0 Å². The van der Waals surface area contributed by atoms with E-state index >= 15 is 0 Å². The molecule has 0 spiro atoms. The Bertz CT molecular complexity index is 1300. The van der Waals surface area contributed by atoms with Crippen molar-refractivity contribution in [2.24, 2.45) is 0 Å². The molecule has 1 atom stereocenters. The molecule has 1 aliphatic heterocycles. The Labute approximate surface area is 220 Å². The molecule has 3 aromatic rings. The molecule has 0 bridgehead atoms. The number of hydrogen-bond donors (Lipinski definition) is 2. The first-order valence-corrected chi connectivity index (χ1v) is 12.5. The summed E-state index contributed by atoms with van der Waals surface area (Å²) in [6.45, 7) is 1.43. The van der Waals surface area contributed by atoms with Crippen LogP contribution in [0, 0.1) is 11.6 Å². The lowest BCUT2D eigenvalue weighted by Crippen LogP contribution is -2.41. The number of nitrogens with zero attached hydrogens (tertiary/aromatic N) is 3. The Hall–Kier alpha value is -3.28. The molecule has 0 radical (unpaired) electrons. The number of morpholine rings is 1. The van der Waals surface area contributed by atoms with Crippen LogP contribution in [-0.4, -0.2) is 64.6 Å². The highest BCUT2D eigenvalue weighted by Gasteiger charge is 2.22. The van der Waals surface area contributed by atoms with Crippen molar-refractivity contribution in [1.82, 2.24) is 14.9 Å². The number of benzene rings is 2. The van der Waals surface area contributed by atoms with Crippen LogP contribution >= 0.6 is 15.9 Å². The summed E-state index contributed by atoms with van der Waals surface area (Å²) >= 11 is 3.22. The minimum Gasteiger partial charge on any atom is -0.396 e. The third-order valence-corrected chi connectivity index (χ3v) is 6.62. The summed E-state index contributed by atoms with van der Waals surface area (Å²) in [5.41, 5.74) is 6.85. The Balaban J connectivity index is 1.49. The van der Waals surface area contributed by atoms with Crippen molar-refractivity contribution in [1.29, 1.82) is 0 Å². The Morgan fingerprint density at radius 2 is 1.92 bits per heavy atom. The zero-order valence-corrected chi connectivity index (χ0v) is 21.4. The van der Waals surface area contributed by atoms with Gasteiger partial charge in [0.2, 0.25) is 0 Å². The van der Waals surface area contributed by atoms with Crippen molar-refractivity contribution >= 4 is 33.4 Å². The standard InChI is InChI=1S/C26H25BrF2N4O4/c27-18-9-17(10-19(28)12-18)16(14-34)2-4-23(35)20-3-1-15(11-21(20)29)24-25(30)31-13-22(32-24)26(36)33-5-7-37-8-6-33/h1,3,9-13,16,34H,2,4-8,14H2,(H2,30,31)/t16-/m1/s1. The first kappa shape index (κ1) is 26.8. The average molecular weight is 575 g/mol. The van der Waals surface area contributed by atoms with Crippen LogP contribution in [-0.2, 0) is 4.74 Å². The van der Waals surface area contributed by atoms with Gasteiger partial charge in [-0.3, -0.25) is 9.59 Å². The molecule has 11 heteroatoms. The van der Waals surface area contributed by atoms with Gasteiger partial charge in [-0.25, -0.2) is 18.7 Å². The predicted molar refractivity (Wildman–Crippen MR) is 136 cm³/mol. The van der Waals surface area contributed by atoms with E-state index in [1.165, 1.54) is 30.5 Å². The molecule has 0 aliphatic carbocycles. The maximum atomic E-state index is 15.0. The number of halogens is 3. The predicted octanol–water partition coefficient (Wildman–Crippen LogP) is 3.98. The maximum Gasteiger partial charge on any atom is 0.274 e. The van der Waals surface area contributed by atoms with Crippen molar-refractivity contribution in [3.8, 4) is 11.3 Å². The number of nitrogen functional groups attached to an aromatic ring is 1. The number of aliphatic hydroxyl groups excluding tert-OH is 1. The van der Waals surface area contributed by atoms with Crippen LogP contribution in [0.5, 0.6) is 0 Å². The van der Waals surface area contributed by atoms with Crippen LogP contribution in [0.4, 0.5) is 14.6 Å². The summed E-state index contributed by atoms with van der Waals surface area (Å²) in [6, 6.07) is 8.22. The highest BCUT2D eigenvalue weighted by atomic mass is 79.9. The number of Topliss-reactive ketones (excluding diaryl/α,β-unsaturated/α-hetero) is 1. The maximum absolute atomic E-state index is 15.0. The summed E-state index contributed by atoms with van der Waals surface area (Å²) in [5.74, 6) is -2.50. The third-order valence-electron chi connectivity index (χ3n) is 6.16. The SMILES string of the molecule is Nc1ncc(C(=O)N2CCOCC2)nc1-c1ccc(C(=O)CC[C@H](CO)c2cc(F)cc(Br)c2)c(F)c1. The fourth-order valence-electron chi connectivity index (χ4n) is 4.15. The number of anilines is 1. The number of carbonyl (C=O) groups excluding carboxylic acids is 2. The van der Waals surface area contributed by atoms with E-state index in [-0.39, 0.29) is 53.7 Å². The normalized spacial score (nSPS) is 14.4. The van der Waals surface area contributed by atoms with Gasteiger partial charge in [0.1, 0.15) is 28.8 Å². The summed E-state index contributed by atoms with van der Waals surface area (Å²) < 4.78 is 34.5. The minimum absolute atomic E-state index is 0.0176. The average Bonchev–Trinajstić information content (AvgIpc) is 2.88. The zero-order valence-electron chi connectivity index (χ0n) is 19.8. The molecular weight excluding hydrogens is 550 g/mol. The van der Waals surface area contributed by atoms with Gasteiger partial charge in [0.25, 0.3) is 5.91 Å². The smallest absolute Gasteiger partial charge is 0.274 e. The van der Waals surface area contributed by atoms with E-state index in [0.717, 1.165) is 6.07 Å². The second-order valence-corrected chi connectivity index (χ2v) is 9.55. The lowest BCUT2D eigenvalue weighted by atomic mass is 9.92. The molecular formula is C26H25BrF2N4O4. The first-order valence-electron chi connectivity index (χ1n) is 11.7. The summed E-state index contributed by atoms with van der Waals surface area (Å²) in [4.78, 5) is 35.5. The largest absolute Gasteiger partial charge is 0.396 e. The number of amides is 1. The molecule has 1 aliphatic rings. The molecule has 0 unspecified atom stereocenters. The van der Waals surface area contributed by atoms with Gasteiger partial charge in [-0.2, -0.15) is 0 Å². The number of rotatable bonds is 8. The number of ether oxygens (including phenoxy) is 1. The number of aromatic nitrogens is 2. The van der Waals surface area contributed by atoms with Gasteiger partial charge in [-0.1, -0.05) is 22.0 Å². The molecule has 37 heavy (non-hydrogen) atoms. The van der Waals surface area contributed by atoms with E-state index in [0.29, 0.717) is 36.3 Å². The van der Waals surface area contributed by atoms with Crippen molar-refractivity contribution < 1.29 is 28.2 Å². The monoisotopic (exact) mass is 574 g/mol. The van der Waals surface area contributed by atoms with Gasteiger partial charge < -0.3 is 20.5 Å². The van der Waals surface area contributed by atoms with Crippen molar-refractivity contribution in [3.63, 3.8) is 0 Å². The summed E-state index contributed by atoms with van der Waals surface area (Å²) in [7, 11) is 0. The fourth-order valence-corrected chi connectivity index (χ4v) is 4.63. The van der Waals surface area contributed by atoms with Crippen LogP contribution in [0.15, 0.2) is 47.1 Å². The molecule has 1 amide bonds. The van der Waals surface area contributed by atoms with Crippen LogP contribution in [0.1, 0.15) is 45.2 Å². The number of nitrogens with two attached hydrogens (primary N) is 1. The van der Waals surface area contributed by atoms with Crippen molar-refractivity contribution in [2.75, 3.05) is 38.6 Å². The van der Waals surface area contributed by atoms with E-state index in [4.69, 9.17) is 10.5 Å². The van der Waals surface area contributed by atoms with Crippen molar-refractivity contribution in [3.05, 3.63) is 75.5 Å². The first-order chi connectivity index (χ1) is 17.8. The fraction of sp³-hybridized carbons (Fsp3) is 0.308. The molecule has 2 heterocycles. The Morgan fingerprint density at radius 1 is 1.16 bits per heavy atom. The van der Waals surface area contributed by atoms with Crippen LogP contribution in [0.2, 0.25) is 0 Å². The zero-order chi connectivity index (χ0) is 26.5. The Kier molecular flexibility index (Phi) is 8.57. The number of carbonyl (C=O) groups is 2. The number of aliphatic hydroxyl groups is 1. The molecule has 4 rings (SSSR count). The molecule has 3 N–H and O–H groups in total. The molecule has 1 aromatic heterocycles. The molecule has 2 aromatic carbocycles. The summed E-state index contributed by atoms with van der Waals surface area (Å²) in [6.07, 6.45) is 1.43. The van der Waals surface area contributed by atoms with Crippen LogP contribution in [0.3, 0.4) is 0 Å². The van der Waals surface area contributed by atoms with E-state index < -0.39 is 23.3 Å². The van der Waals surface area contributed by atoms with E-state index in [1.807, 2.05) is 0 Å². The lowest BCUT2D eigenvalue weighted by Gasteiger charge is -2.26. The quantitative estimate of drug-likeness (QED) is 0.390. The second-order valence-electron chi connectivity index (χ2n) is 8.63. The molecule has 8 nitrogen and oxygen atoms in total. The topological polar surface area (TPSA) is 119 Å². The number of ketones is 1. The van der Waals surface area contributed by atoms with Gasteiger partial charge in [0.05, 0.1) is 25.0 Å². The van der Waals surface area contributed by atoms with E-state index in [9.17, 15) is 23.5 Å². The van der Waals surface area contributed by atoms with Gasteiger partial charge in [-0.15, -0.1) is 0 Å². The number of hydrogen-bond acceptors (Lipinski definition) is 7.